The number of rotatable bonds is 6. The molecular weight excluding hydrogens is 417 g/mol. The molecule has 1 atom stereocenters. The minimum Gasteiger partial charge on any atom is -0.451 e. The van der Waals surface area contributed by atoms with E-state index < -0.39 is 18.0 Å². The maximum Gasteiger partial charge on any atom is 0.330 e. The average molecular weight is 434 g/mol. The van der Waals surface area contributed by atoms with Crippen LogP contribution >= 0.6 is 23.2 Å². The number of hydrogen-bond donors (Lipinski definition) is 1. The first kappa shape index (κ1) is 20.8. The van der Waals surface area contributed by atoms with E-state index in [1.54, 1.807) is 12.1 Å². The van der Waals surface area contributed by atoms with Crippen molar-refractivity contribution >= 4 is 40.8 Å². The topological polar surface area (TPSA) is 99.0 Å². The predicted molar refractivity (Wildman–Crippen MR) is 109 cm³/mol. The highest BCUT2D eigenvalue weighted by Gasteiger charge is 2.20. The number of esters is 1. The zero-order valence-electron chi connectivity index (χ0n) is 15.6. The molecule has 0 aliphatic carbocycles. The van der Waals surface area contributed by atoms with E-state index >= 15 is 0 Å². The fraction of sp³-hybridized carbons (Fsp3) is 0.211. The number of anilines is 1. The van der Waals surface area contributed by atoms with Crippen molar-refractivity contribution in [2.45, 2.75) is 26.5 Å². The van der Waals surface area contributed by atoms with Crippen LogP contribution in [0.3, 0.4) is 0 Å². The lowest BCUT2D eigenvalue weighted by molar-refractivity contribution is -0.154. The van der Waals surface area contributed by atoms with Crippen molar-refractivity contribution in [1.29, 1.82) is 0 Å². The van der Waals surface area contributed by atoms with Crippen LogP contribution in [0.2, 0.25) is 10.0 Å². The normalized spacial score (nSPS) is 11.7. The summed E-state index contributed by atoms with van der Waals surface area (Å²) in [7, 11) is 0. The van der Waals surface area contributed by atoms with Crippen LogP contribution in [0.25, 0.3) is 11.4 Å². The van der Waals surface area contributed by atoms with Crippen LogP contribution in [0.1, 0.15) is 12.5 Å². The third-order valence-corrected chi connectivity index (χ3v) is 4.45. The lowest BCUT2D eigenvalue weighted by Gasteiger charge is -2.14. The molecule has 0 aliphatic heterocycles. The summed E-state index contributed by atoms with van der Waals surface area (Å²) >= 11 is 11.8. The van der Waals surface area contributed by atoms with Gasteiger partial charge >= 0.3 is 5.97 Å². The predicted octanol–water partition coefficient (Wildman–Crippen LogP) is 3.53. The summed E-state index contributed by atoms with van der Waals surface area (Å²) in [5.74, 6) is -0.821. The molecule has 3 aromatic rings. The van der Waals surface area contributed by atoms with Crippen LogP contribution in [-0.4, -0.2) is 38.2 Å². The maximum absolute atomic E-state index is 12.2. The van der Waals surface area contributed by atoms with Crippen molar-refractivity contribution in [3.63, 3.8) is 0 Å². The number of nitrogens with zero attached hydrogens (tertiary/aromatic N) is 4. The highest BCUT2D eigenvalue weighted by Crippen LogP contribution is 2.25. The lowest BCUT2D eigenvalue weighted by Crippen LogP contribution is -2.31. The lowest BCUT2D eigenvalue weighted by atomic mass is 10.1. The summed E-state index contributed by atoms with van der Waals surface area (Å²) in [6.45, 7) is 3.14. The molecule has 1 unspecified atom stereocenters. The van der Waals surface area contributed by atoms with Gasteiger partial charge in [-0.15, -0.1) is 10.2 Å². The number of halogens is 2. The van der Waals surface area contributed by atoms with Gasteiger partial charge in [-0.05, 0) is 37.3 Å². The summed E-state index contributed by atoms with van der Waals surface area (Å²) in [6, 6.07) is 12.2. The van der Waals surface area contributed by atoms with Crippen LogP contribution in [-0.2, 0) is 20.9 Å². The second-order valence-corrected chi connectivity index (χ2v) is 7.10. The number of hydrogen-bond acceptors (Lipinski definition) is 6. The molecule has 1 aromatic heterocycles. The minimum absolute atomic E-state index is 0.278. The average Bonchev–Trinajstić information content (AvgIpc) is 3.12. The van der Waals surface area contributed by atoms with Crippen molar-refractivity contribution in [2.75, 3.05) is 5.32 Å². The molecule has 1 heterocycles. The quantitative estimate of drug-likeness (QED) is 0.596. The SMILES string of the molecule is Cc1ccc(-c2nnn(CC(=O)OC(C)C(=O)Nc3ccc(Cl)cc3Cl)n2)cc1. The van der Waals surface area contributed by atoms with Crippen molar-refractivity contribution in [3.05, 3.63) is 58.1 Å². The molecule has 0 saturated carbocycles. The third kappa shape index (κ3) is 5.52. The van der Waals surface area contributed by atoms with Crippen LogP contribution in [0, 0.1) is 6.92 Å². The first-order chi connectivity index (χ1) is 13.8. The van der Waals surface area contributed by atoms with Crippen LogP contribution in [0.4, 0.5) is 5.69 Å². The number of benzene rings is 2. The number of carbonyl (C=O) groups is 2. The number of nitrogens with one attached hydrogen (secondary N) is 1. The Bertz CT molecular complexity index is 1040. The van der Waals surface area contributed by atoms with Gasteiger partial charge in [0.25, 0.3) is 5.91 Å². The molecule has 10 heteroatoms. The molecule has 29 heavy (non-hydrogen) atoms. The van der Waals surface area contributed by atoms with Gasteiger partial charge in [-0.1, -0.05) is 53.0 Å². The molecule has 8 nitrogen and oxygen atoms in total. The fourth-order valence-corrected chi connectivity index (χ4v) is 2.81. The van der Waals surface area contributed by atoms with Gasteiger partial charge in [-0.25, -0.2) is 4.79 Å². The smallest absolute Gasteiger partial charge is 0.330 e. The van der Waals surface area contributed by atoms with Crippen LogP contribution < -0.4 is 5.32 Å². The molecule has 150 valence electrons. The molecule has 1 amide bonds. The summed E-state index contributed by atoms with van der Waals surface area (Å²) < 4.78 is 5.13. The van der Waals surface area contributed by atoms with E-state index in [9.17, 15) is 9.59 Å². The molecule has 0 spiro atoms. The molecule has 1 N–H and O–H groups in total. The Morgan fingerprint density at radius 3 is 2.59 bits per heavy atom. The van der Waals surface area contributed by atoms with Crippen molar-refractivity contribution < 1.29 is 14.3 Å². The van der Waals surface area contributed by atoms with E-state index in [0.717, 1.165) is 15.9 Å². The highest BCUT2D eigenvalue weighted by molar-refractivity contribution is 6.36. The number of tetrazole rings is 1. The van der Waals surface area contributed by atoms with Crippen LogP contribution in [0.15, 0.2) is 42.5 Å². The number of aromatic nitrogens is 4. The molecule has 2 aromatic carbocycles. The first-order valence-corrected chi connectivity index (χ1v) is 9.37. The fourth-order valence-electron chi connectivity index (χ4n) is 2.36. The molecule has 0 bridgehead atoms. The molecule has 0 aliphatic rings. The van der Waals surface area contributed by atoms with Gasteiger partial charge < -0.3 is 10.1 Å². The number of aryl methyl sites for hydroxylation is 1. The van der Waals surface area contributed by atoms with Gasteiger partial charge in [0.1, 0.15) is 0 Å². The highest BCUT2D eigenvalue weighted by atomic mass is 35.5. The van der Waals surface area contributed by atoms with E-state index in [2.05, 4.69) is 20.7 Å². The Morgan fingerprint density at radius 1 is 1.17 bits per heavy atom. The Balaban J connectivity index is 1.56. The Labute approximate surface area is 176 Å². The van der Waals surface area contributed by atoms with Gasteiger partial charge in [-0.3, -0.25) is 4.79 Å². The maximum atomic E-state index is 12.2. The number of carbonyl (C=O) groups excluding carboxylic acids is 2. The summed E-state index contributed by atoms with van der Waals surface area (Å²) in [4.78, 5) is 25.4. The molecule has 3 rings (SSSR count). The van der Waals surface area contributed by atoms with Gasteiger partial charge in [0.15, 0.2) is 12.6 Å². The zero-order valence-corrected chi connectivity index (χ0v) is 17.1. The van der Waals surface area contributed by atoms with E-state index in [-0.39, 0.29) is 11.6 Å². The summed E-state index contributed by atoms with van der Waals surface area (Å²) in [6.07, 6.45) is -1.05. The van der Waals surface area contributed by atoms with Gasteiger partial charge in [0.2, 0.25) is 5.82 Å². The van der Waals surface area contributed by atoms with E-state index in [1.807, 2.05) is 31.2 Å². The van der Waals surface area contributed by atoms with Gasteiger partial charge in [-0.2, -0.15) is 4.80 Å². The van der Waals surface area contributed by atoms with Crippen molar-refractivity contribution in [1.82, 2.24) is 20.2 Å². The van der Waals surface area contributed by atoms with Crippen molar-refractivity contribution in [3.8, 4) is 11.4 Å². The minimum atomic E-state index is -1.05. The Morgan fingerprint density at radius 2 is 1.90 bits per heavy atom. The van der Waals surface area contributed by atoms with Gasteiger partial charge in [0.05, 0.1) is 10.7 Å². The largest absolute Gasteiger partial charge is 0.451 e. The zero-order chi connectivity index (χ0) is 21.0. The molecule has 0 saturated heterocycles. The number of ether oxygens (including phenoxy) is 1. The summed E-state index contributed by atoms with van der Waals surface area (Å²) in [5, 5.41) is 15.2. The first-order valence-electron chi connectivity index (χ1n) is 8.62. The van der Waals surface area contributed by atoms with Crippen molar-refractivity contribution in [2.24, 2.45) is 0 Å². The third-order valence-electron chi connectivity index (χ3n) is 3.90. The summed E-state index contributed by atoms with van der Waals surface area (Å²) in [5.41, 5.74) is 2.25. The van der Waals surface area contributed by atoms with E-state index in [0.29, 0.717) is 16.5 Å². The van der Waals surface area contributed by atoms with E-state index in [4.69, 9.17) is 27.9 Å². The standard InChI is InChI=1S/C19H17Cl2N5O3/c1-11-3-5-13(6-4-11)18-23-25-26(24-18)10-17(27)29-12(2)19(28)22-16-8-7-14(20)9-15(16)21/h3-9,12H,10H2,1-2H3,(H,22,28). The second-order valence-electron chi connectivity index (χ2n) is 6.25. The van der Waals surface area contributed by atoms with Crippen LogP contribution in [0.5, 0.6) is 0 Å². The molecule has 0 fully saturated rings. The Kier molecular flexibility index (Phi) is 6.46. The molecule has 0 radical (unpaired) electrons. The van der Waals surface area contributed by atoms with Gasteiger partial charge in [0, 0.05) is 10.6 Å². The number of amides is 1. The van der Waals surface area contributed by atoms with E-state index in [1.165, 1.54) is 13.0 Å². The Hall–Kier alpha value is -2.97. The molecular formula is C19H17Cl2N5O3. The second kappa shape index (κ2) is 9.02. The monoisotopic (exact) mass is 433 g/mol.